The van der Waals surface area contributed by atoms with Gasteiger partial charge in [-0.1, -0.05) is 12.1 Å². The number of carbonyl (C=O) groups excluding carboxylic acids is 1. The number of anilines is 1. The number of fused-ring (bicyclic) bond motifs is 1. The summed E-state index contributed by atoms with van der Waals surface area (Å²) in [6.07, 6.45) is 1.04. The molecule has 176 valence electrons. The number of halogens is 2. The first kappa shape index (κ1) is 23.4. The van der Waals surface area contributed by atoms with Crippen LogP contribution in [-0.4, -0.2) is 34.7 Å². The molecule has 0 saturated carbocycles. The van der Waals surface area contributed by atoms with Crippen molar-refractivity contribution in [3.8, 4) is 22.5 Å². The standard InChI is InChI=1S/C24H20F2N2O5S/c1-28(34(3,30)31)20-13-21-19(12-18(20)15-5-4-6-17(26)11-15)22(24(29)27-32-2)23(33-21)14-7-9-16(25)10-8-14/h4-13H,1-3H3,(H,27,29). The van der Waals surface area contributed by atoms with Gasteiger partial charge in [-0.3, -0.25) is 13.9 Å². The van der Waals surface area contributed by atoms with Crippen LogP contribution in [0, 0.1) is 11.6 Å². The van der Waals surface area contributed by atoms with Gasteiger partial charge in [0.05, 0.1) is 24.6 Å². The van der Waals surface area contributed by atoms with Crippen LogP contribution in [0.3, 0.4) is 0 Å². The van der Waals surface area contributed by atoms with E-state index in [0.717, 1.165) is 10.6 Å². The summed E-state index contributed by atoms with van der Waals surface area (Å²) in [5.74, 6) is -1.47. The monoisotopic (exact) mass is 486 g/mol. The minimum Gasteiger partial charge on any atom is -0.455 e. The highest BCUT2D eigenvalue weighted by atomic mass is 32.2. The maximum absolute atomic E-state index is 14.0. The topological polar surface area (TPSA) is 88.8 Å². The number of carbonyl (C=O) groups is 1. The Hall–Kier alpha value is -3.76. The quantitative estimate of drug-likeness (QED) is 0.398. The largest absolute Gasteiger partial charge is 0.455 e. The normalized spacial score (nSPS) is 11.6. The van der Waals surface area contributed by atoms with Crippen molar-refractivity contribution < 1.29 is 31.2 Å². The Morgan fingerprint density at radius 3 is 2.32 bits per heavy atom. The summed E-state index contributed by atoms with van der Waals surface area (Å²) >= 11 is 0. The summed E-state index contributed by atoms with van der Waals surface area (Å²) in [5, 5.41) is 0.332. The predicted octanol–water partition coefficient (Wildman–Crippen LogP) is 4.73. The van der Waals surface area contributed by atoms with Crippen LogP contribution in [0.15, 0.2) is 65.1 Å². The van der Waals surface area contributed by atoms with Gasteiger partial charge in [-0.15, -0.1) is 0 Å². The van der Waals surface area contributed by atoms with Gasteiger partial charge in [0.25, 0.3) is 5.91 Å². The maximum Gasteiger partial charge on any atom is 0.279 e. The molecular weight excluding hydrogens is 466 g/mol. The molecule has 1 heterocycles. The molecule has 0 aliphatic carbocycles. The number of hydroxylamine groups is 1. The van der Waals surface area contributed by atoms with Gasteiger partial charge >= 0.3 is 0 Å². The lowest BCUT2D eigenvalue weighted by Crippen LogP contribution is -2.25. The molecule has 0 fully saturated rings. The minimum absolute atomic E-state index is 0.0923. The molecule has 0 bridgehead atoms. The average Bonchev–Trinajstić information content (AvgIpc) is 3.16. The molecule has 0 saturated heterocycles. The van der Waals surface area contributed by atoms with E-state index >= 15 is 0 Å². The van der Waals surface area contributed by atoms with E-state index in [4.69, 9.17) is 9.25 Å². The first-order valence-corrected chi connectivity index (χ1v) is 11.8. The number of rotatable bonds is 6. The van der Waals surface area contributed by atoms with Crippen LogP contribution in [0.4, 0.5) is 14.5 Å². The van der Waals surface area contributed by atoms with Crippen molar-refractivity contribution >= 4 is 32.6 Å². The molecule has 1 N–H and O–H groups in total. The van der Waals surface area contributed by atoms with Crippen molar-refractivity contribution in [2.24, 2.45) is 0 Å². The van der Waals surface area contributed by atoms with Crippen LogP contribution in [0.25, 0.3) is 33.4 Å². The Morgan fingerprint density at radius 1 is 1.00 bits per heavy atom. The molecule has 10 heteroatoms. The van der Waals surface area contributed by atoms with Crippen LogP contribution in [0.1, 0.15) is 10.4 Å². The molecule has 34 heavy (non-hydrogen) atoms. The number of nitrogens with one attached hydrogen (secondary N) is 1. The van der Waals surface area contributed by atoms with Gasteiger partial charge in [0.1, 0.15) is 23.0 Å². The number of hydrogen-bond donors (Lipinski definition) is 1. The number of benzene rings is 3. The minimum atomic E-state index is -3.69. The zero-order valence-electron chi connectivity index (χ0n) is 18.4. The number of hydrogen-bond acceptors (Lipinski definition) is 5. The van der Waals surface area contributed by atoms with Gasteiger partial charge in [0.15, 0.2) is 0 Å². The second kappa shape index (κ2) is 8.88. The van der Waals surface area contributed by atoms with Gasteiger partial charge in [-0.25, -0.2) is 22.7 Å². The number of nitrogens with zero attached hydrogens (tertiary/aromatic N) is 1. The van der Waals surface area contributed by atoms with E-state index in [2.05, 4.69) is 5.48 Å². The molecule has 0 spiro atoms. The van der Waals surface area contributed by atoms with Crippen LogP contribution >= 0.6 is 0 Å². The zero-order chi connectivity index (χ0) is 24.6. The molecular formula is C24H20F2N2O5S. The molecule has 4 rings (SSSR count). The third-order valence-corrected chi connectivity index (χ3v) is 6.50. The fourth-order valence-electron chi connectivity index (χ4n) is 3.63. The molecule has 4 aromatic rings. The highest BCUT2D eigenvalue weighted by Crippen LogP contribution is 2.41. The molecule has 7 nitrogen and oxygen atoms in total. The van der Waals surface area contributed by atoms with E-state index < -0.39 is 27.6 Å². The Kier molecular flexibility index (Phi) is 6.11. The summed E-state index contributed by atoms with van der Waals surface area (Å²) in [5.41, 5.74) is 3.94. The third kappa shape index (κ3) is 4.37. The van der Waals surface area contributed by atoms with Gasteiger partial charge in [-0.05, 0) is 48.0 Å². The van der Waals surface area contributed by atoms with Crippen LogP contribution in [0.5, 0.6) is 0 Å². The number of sulfonamides is 1. The molecule has 0 aliphatic heterocycles. The van der Waals surface area contributed by atoms with Crippen LogP contribution in [-0.2, 0) is 14.9 Å². The summed E-state index contributed by atoms with van der Waals surface area (Å²) in [6.45, 7) is 0. The van der Waals surface area contributed by atoms with E-state index in [-0.39, 0.29) is 22.6 Å². The molecule has 3 aromatic carbocycles. The van der Waals surface area contributed by atoms with Crippen molar-refractivity contribution in [1.82, 2.24) is 5.48 Å². The molecule has 1 amide bonds. The van der Waals surface area contributed by atoms with Crippen molar-refractivity contribution in [2.45, 2.75) is 0 Å². The fourth-order valence-corrected chi connectivity index (χ4v) is 4.14. The van der Waals surface area contributed by atoms with Crippen molar-refractivity contribution in [3.05, 3.63) is 77.9 Å². The SMILES string of the molecule is CONC(=O)c1c(-c2ccc(F)cc2)oc2cc(N(C)S(C)(=O)=O)c(-c3cccc(F)c3)cc12. The predicted molar refractivity (Wildman–Crippen MR) is 125 cm³/mol. The Labute approximate surface area is 194 Å². The number of amides is 1. The van der Waals surface area contributed by atoms with E-state index in [1.807, 2.05) is 0 Å². The molecule has 0 aliphatic rings. The summed E-state index contributed by atoms with van der Waals surface area (Å²) in [7, 11) is -1.06. The summed E-state index contributed by atoms with van der Waals surface area (Å²) in [4.78, 5) is 17.7. The highest BCUT2D eigenvalue weighted by Gasteiger charge is 2.26. The highest BCUT2D eigenvalue weighted by molar-refractivity contribution is 7.92. The zero-order valence-corrected chi connectivity index (χ0v) is 19.2. The molecule has 1 aromatic heterocycles. The van der Waals surface area contributed by atoms with Gasteiger partial charge in [0.2, 0.25) is 10.0 Å². The average molecular weight is 486 g/mol. The lowest BCUT2D eigenvalue weighted by molar-refractivity contribution is 0.0539. The fraction of sp³-hybridized carbons (Fsp3) is 0.125. The summed E-state index contributed by atoms with van der Waals surface area (Å²) < 4.78 is 59.2. The van der Waals surface area contributed by atoms with Gasteiger partial charge in [-0.2, -0.15) is 0 Å². The molecule has 0 atom stereocenters. The first-order chi connectivity index (χ1) is 16.1. The van der Waals surface area contributed by atoms with Crippen molar-refractivity contribution in [1.29, 1.82) is 0 Å². The van der Waals surface area contributed by atoms with Crippen molar-refractivity contribution in [3.63, 3.8) is 0 Å². The Morgan fingerprint density at radius 2 is 1.71 bits per heavy atom. The second-order valence-corrected chi connectivity index (χ2v) is 9.57. The lowest BCUT2D eigenvalue weighted by atomic mass is 9.98. The van der Waals surface area contributed by atoms with Crippen molar-refractivity contribution in [2.75, 3.05) is 24.7 Å². The number of furan rings is 1. The van der Waals surface area contributed by atoms with E-state index in [9.17, 15) is 22.0 Å². The first-order valence-electron chi connectivity index (χ1n) is 10.00. The Bertz CT molecular complexity index is 1500. The van der Waals surface area contributed by atoms with Crippen LogP contribution in [0.2, 0.25) is 0 Å². The third-order valence-electron chi connectivity index (χ3n) is 5.31. The van der Waals surface area contributed by atoms with Gasteiger partial charge in [0, 0.05) is 29.6 Å². The molecule has 0 unspecified atom stereocenters. The second-order valence-electron chi connectivity index (χ2n) is 7.55. The lowest BCUT2D eigenvalue weighted by Gasteiger charge is -2.20. The van der Waals surface area contributed by atoms with E-state index in [1.54, 1.807) is 12.1 Å². The van der Waals surface area contributed by atoms with Gasteiger partial charge < -0.3 is 4.42 Å². The van der Waals surface area contributed by atoms with E-state index in [1.165, 1.54) is 62.7 Å². The maximum atomic E-state index is 14.0. The summed E-state index contributed by atoms with van der Waals surface area (Å²) in [6, 6.07) is 14.0. The Balaban J connectivity index is 2.08. The smallest absolute Gasteiger partial charge is 0.279 e. The van der Waals surface area contributed by atoms with Crippen LogP contribution < -0.4 is 9.79 Å². The van der Waals surface area contributed by atoms with E-state index in [0.29, 0.717) is 22.1 Å². The molecule has 0 radical (unpaired) electrons.